The van der Waals surface area contributed by atoms with Gasteiger partial charge in [-0.05, 0) is 34.6 Å². The van der Waals surface area contributed by atoms with Crippen molar-refractivity contribution in [1.29, 1.82) is 0 Å². The molecule has 0 saturated heterocycles. The molecule has 0 radical (unpaired) electrons. The van der Waals surface area contributed by atoms with E-state index < -0.39 is 5.41 Å². The van der Waals surface area contributed by atoms with Gasteiger partial charge in [-0.2, -0.15) is 0 Å². The predicted molar refractivity (Wildman–Crippen MR) is 149 cm³/mol. The number of halogens is 1. The van der Waals surface area contributed by atoms with Crippen molar-refractivity contribution in [2.75, 3.05) is 0 Å². The van der Waals surface area contributed by atoms with Gasteiger partial charge < -0.3 is 0 Å². The normalized spacial score (nSPS) is 11.0. The maximum Gasteiger partial charge on any atom is 2.00 e. The van der Waals surface area contributed by atoms with E-state index in [1.807, 2.05) is 97.1 Å². The van der Waals surface area contributed by atoms with Crippen LogP contribution in [0.3, 0.4) is 0 Å². The Hall–Kier alpha value is -4.20. The van der Waals surface area contributed by atoms with Crippen LogP contribution in [-0.2, 0) is 26.5 Å². The van der Waals surface area contributed by atoms with Crippen LogP contribution in [0.5, 0.6) is 0 Å². The maximum absolute atomic E-state index is 14.8. The van der Waals surface area contributed by atoms with E-state index in [1.54, 1.807) is 12.1 Å². The second-order valence-electron chi connectivity index (χ2n) is 8.97. The molecule has 4 heteroatoms. The topological polar surface area (TPSA) is 25.8 Å². The SMILES string of the molecule is Fc1ccc[c-]c1-c1cccc(C(c2ccccc2)(c2ccccc2)c2cccc(-c3[c-]cccc3)n2)n1.[Pt+2]. The third-order valence-corrected chi connectivity index (χ3v) is 6.73. The van der Waals surface area contributed by atoms with Crippen molar-refractivity contribution in [3.05, 3.63) is 180 Å². The van der Waals surface area contributed by atoms with Gasteiger partial charge in [0.15, 0.2) is 0 Å². The van der Waals surface area contributed by atoms with Gasteiger partial charge in [0.1, 0.15) is 5.41 Å². The van der Waals surface area contributed by atoms with E-state index in [4.69, 9.17) is 9.97 Å². The molecule has 0 bridgehead atoms. The summed E-state index contributed by atoms with van der Waals surface area (Å²) >= 11 is 0. The summed E-state index contributed by atoms with van der Waals surface area (Å²) in [5.74, 6) is -0.359. The molecular formula is C35H23FN2Pt. The zero-order valence-electron chi connectivity index (χ0n) is 20.9. The Morgan fingerprint density at radius 3 is 1.67 bits per heavy atom. The van der Waals surface area contributed by atoms with E-state index in [2.05, 4.69) is 36.4 Å². The molecule has 0 amide bonds. The molecule has 0 unspecified atom stereocenters. The number of nitrogens with zero attached hydrogens (tertiary/aromatic N) is 2. The fraction of sp³-hybridized carbons (Fsp3) is 0.0286. The molecular weight excluding hydrogens is 662 g/mol. The van der Waals surface area contributed by atoms with Gasteiger partial charge in [0, 0.05) is 5.82 Å². The monoisotopic (exact) mass is 685 g/mol. The molecule has 0 aliphatic carbocycles. The van der Waals surface area contributed by atoms with Crippen molar-refractivity contribution >= 4 is 0 Å². The quantitative estimate of drug-likeness (QED) is 0.167. The first-order valence-corrected chi connectivity index (χ1v) is 12.5. The average molecular weight is 686 g/mol. The van der Waals surface area contributed by atoms with Crippen molar-refractivity contribution < 1.29 is 25.5 Å². The minimum atomic E-state index is -0.866. The standard InChI is InChI=1S/C35H23FN2.Pt/c36-30-21-11-10-20-29(30)32-23-13-25-34(38-32)35(27-16-6-2-7-17-27,28-18-8-3-9-19-28)33-24-12-22-31(37-33)26-14-4-1-5-15-26;/h1-14,16-19,21-25H;/q-2;+2. The summed E-state index contributed by atoms with van der Waals surface area (Å²) in [6.07, 6.45) is 0. The Kier molecular flexibility index (Phi) is 7.91. The molecule has 0 N–H and O–H groups in total. The van der Waals surface area contributed by atoms with Gasteiger partial charge in [-0.25, -0.2) is 0 Å². The second kappa shape index (κ2) is 11.7. The maximum atomic E-state index is 14.8. The molecule has 190 valence electrons. The van der Waals surface area contributed by atoms with E-state index >= 15 is 0 Å². The molecule has 2 nitrogen and oxygen atoms in total. The van der Waals surface area contributed by atoms with Crippen LogP contribution in [-0.4, -0.2) is 9.97 Å². The van der Waals surface area contributed by atoms with Crippen molar-refractivity contribution in [3.63, 3.8) is 0 Å². The summed E-state index contributed by atoms with van der Waals surface area (Å²) in [6.45, 7) is 0. The van der Waals surface area contributed by atoms with Crippen molar-refractivity contribution in [1.82, 2.24) is 9.97 Å². The second-order valence-corrected chi connectivity index (χ2v) is 8.97. The van der Waals surface area contributed by atoms with E-state index in [9.17, 15) is 4.39 Å². The fourth-order valence-electron chi connectivity index (χ4n) is 5.01. The number of pyridine rings is 2. The summed E-state index contributed by atoms with van der Waals surface area (Å²) in [6, 6.07) is 51.2. The van der Waals surface area contributed by atoms with Crippen LogP contribution in [0.25, 0.3) is 22.5 Å². The molecule has 6 rings (SSSR count). The van der Waals surface area contributed by atoms with Crippen LogP contribution in [0.1, 0.15) is 22.5 Å². The number of hydrogen-bond donors (Lipinski definition) is 0. The van der Waals surface area contributed by atoms with Gasteiger partial charge in [-0.1, -0.05) is 90.5 Å². The van der Waals surface area contributed by atoms with E-state index in [-0.39, 0.29) is 26.9 Å². The Bertz CT molecular complexity index is 1630. The number of hydrogen-bond acceptors (Lipinski definition) is 2. The largest absolute Gasteiger partial charge is 2.00 e. The molecule has 0 spiro atoms. The molecule has 2 heterocycles. The first-order chi connectivity index (χ1) is 18.8. The first-order valence-electron chi connectivity index (χ1n) is 12.5. The Labute approximate surface area is 242 Å². The average Bonchev–Trinajstić information content (AvgIpc) is 3.00. The van der Waals surface area contributed by atoms with Gasteiger partial charge in [0.2, 0.25) is 0 Å². The number of benzene rings is 4. The Balaban J connectivity index is 0.00000308. The Morgan fingerprint density at radius 2 is 1.08 bits per heavy atom. The zero-order valence-corrected chi connectivity index (χ0v) is 23.1. The zero-order chi connectivity index (χ0) is 25.8. The number of rotatable bonds is 6. The predicted octanol–water partition coefficient (Wildman–Crippen LogP) is 7.93. The van der Waals surface area contributed by atoms with E-state index in [1.165, 1.54) is 6.07 Å². The summed E-state index contributed by atoms with van der Waals surface area (Å²) in [5, 5.41) is 0. The van der Waals surface area contributed by atoms with E-state index in [0.717, 1.165) is 33.8 Å². The van der Waals surface area contributed by atoms with Crippen molar-refractivity contribution in [2.24, 2.45) is 0 Å². The molecule has 0 aliphatic heterocycles. The minimum absolute atomic E-state index is 0. The Morgan fingerprint density at radius 1 is 0.513 bits per heavy atom. The van der Waals surface area contributed by atoms with Crippen LogP contribution < -0.4 is 0 Å². The molecule has 0 saturated carbocycles. The van der Waals surface area contributed by atoms with Crippen LogP contribution in [0.4, 0.5) is 4.39 Å². The van der Waals surface area contributed by atoms with Crippen molar-refractivity contribution in [2.45, 2.75) is 5.41 Å². The minimum Gasteiger partial charge on any atom is -0.300 e. The molecule has 0 aliphatic rings. The molecule has 0 fully saturated rings. The van der Waals surface area contributed by atoms with Gasteiger partial charge in [0.25, 0.3) is 0 Å². The van der Waals surface area contributed by atoms with Crippen molar-refractivity contribution in [3.8, 4) is 22.5 Å². The third-order valence-electron chi connectivity index (χ3n) is 6.73. The van der Waals surface area contributed by atoms with Crippen LogP contribution >= 0.6 is 0 Å². The molecule has 39 heavy (non-hydrogen) atoms. The summed E-state index contributed by atoms with van der Waals surface area (Å²) in [7, 11) is 0. The number of aromatic nitrogens is 2. The van der Waals surface area contributed by atoms with Gasteiger partial charge in [-0.3, -0.25) is 14.4 Å². The molecule has 2 aromatic heterocycles. The smallest absolute Gasteiger partial charge is 0.300 e. The first kappa shape index (κ1) is 26.4. The summed E-state index contributed by atoms with van der Waals surface area (Å²) in [5.41, 5.74) is 5.29. The van der Waals surface area contributed by atoms with Gasteiger partial charge in [0.05, 0.1) is 11.4 Å². The summed E-state index contributed by atoms with van der Waals surface area (Å²) < 4.78 is 14.8. The fourth-order valence-corrected chi connectivity index (χ4v) is 5.01. The van der Waals surface area contributed by atoms with Crippen LogP contribution in [0.2, 0.25) is 0 Å². The molecule has 6 aromatic rings. The molecule has 0 atom stereocenters. The van der Waals surface area contributed by atoms with Gasteiger partial charge >= 0.3 is 21.1 Å². The van der Waals surface area contributed by atoms with Gasteiger partial charge in [-0.15, -0.1) is 60.2 Å². The third kappa shape index (κ3) is 4.98. The van der Waals surface area contributed by atoms with E-state index in [0.29, 0.717) is 11.3 Å². The van der Waals surface area contributed by atoms with Crippen LogP contribution in [0, 0.1) is 17.9 Å². The van der Waals surface area contributed by atoms with Crippen LogP contribution in [0.15, 0.2) is 140 Å². The summed E-state index contributed by atoms with van der Waals surface area (Å²) in [4.78, 5) is 10.3. The molecule has 4 aromatic carbocycles.